The maximum atomic E-state index is 3.63. The molecular formula is C13H29N. The van der Waals surface area contributed by atoms with Gasteiger partial charge in [0.05, 0.1) is 0 Å². The van der Waals surface area contributed by atoms with Gasteiger partial charge in [-0.25, -0.2) is 0 Å². The van der Waals surface area contributed by atoms with Crippen molar-refractivity contribution in [3.8, 4) is 0 Å². The van der Waals surface area contributed by atoms with Gasteiger partial charge in [0.15, 0.2) is 0 Å². The average Bonchev–Trinajstić information content (AvgIpc) is 2.17. The summed E-state index contributed by atoms with van der Waals surface area (Å²) in [5.74, 6) is 1.69. The molecule has 0 saturated carbocycles. The molecule has 1 N–H and O–H groups in total. The third kappa shape index (κ3) is 5.64. The van der Waals surface area contributed by atoms with Crippen LogP contribution in [0.3, 0.4) is 0 Å². The summed E-state index contributed by atoms with van der Waals surface area (Å²) in [4.78, 5) is 0. The van der Waals surface area contributed by atoms with E-state index in [0.717, 1.165) is 24.4 Å². The first kappa shape index (κ1) is 14.0. The monoisotopic (exact) mass is 199 g/mol. The summed E-state index contributed by atoms with van der Waals surface area (Å²) in [5, 5.41) is 3.63. The zero-order valence-corrected chi connectivity index (χ0v) is 10.8. The molecule has 0 heterocycles. The fraction of sp³-hybridized carbons (Fsp3) is 1.00. The van der Waals surface area contributed by atoms with E-state index in [0.29, 0.717) is 0 Å². The van der Waals surface area contributed by atoms with Crippen LogP contribution in [-0.2, 0) is 0 Å². The molecule has 0 aromatic heterocycles. The lowest BCUT2D eigenvalue weighted by molar-refractivity contribution is 0.300. The highest BCUT2D eigenvalue weighted by molar-refractivity contribution is 4.74. The molecule has 86 valence electrons. The Balaban J connectivity index is 3.98. The molecule has 0 aromatic carbocycles. The summed E-state index contributed by atoms with van der Waals surface area (Å²) in [7, 11) is 0. The van der Waals surface area contributed by atoms with Crippen LogP contribution in [-0.4, -0.2) is 12.6 Å². The van der Waals surface area contributed by atoms with E-state index in [2.05, 4.69) is 39.9 Å². The van der Waals surface area contributed by atoms with Gasteiger partial charge < -0.3 is 5.32 Å². The topological polar surface area (TPSA) is 12.0 Å². The highest BCUT2D eigenvalue weighted by atomic mass is 14.9. The molecular weight excluding hydrogens is 170 g/mol. The maximum absolute atomic E-state index is 3.63. The van der Waals surface area contributed by atoms with Gasteiger partial charge >= 0.3 is 0 Å². The standard InChI is InChI=1S/C13H29N/c1-6-9-12(5)13(14-8-3)10-11(4)7-2/h11-14H,6-10H2,1-5H3. The third-order valence-corrected chi connectivity index (χ3v) is 3.25. The van der Waals surface area contributed by atoms with Crippen LogP contribution in [0.2, 0.25) is 0 Å². The van der Waals surface area contributed by atoms with Gasteiger partial charge in [0.25, 0.3) is 0 Å². The molecule has 14 heavy (non-hydrogen) atoms. The van der Waals surface area contributed by atoms with Crippen molar-refractivity contribution in [2.45, 2.75) is 66.3 Å². The first-order chi connectivity index (χ1) is 6.65. The second kappa shape index (κ2) is 8.28. The zero-order valence-electron chi connectivity index (χ0n) is 10.8. The summed E-state index contributed by atoms with van der Waals surface area (Å²) in [6, 6.07) is 0.731. The van der Waals surface area contributed by atoms with Crippen LogP contribution in [0.1, 0.15) is 60.3 Å². The number of nitrogens with one attached hydrogen (secondary N) is 1. The quantitative estimate of drug-likeness (QED) is 0.626. The molecule has 1 heteroatoms. The van der Waals surface area contributed by atoms with E-state index in [9.17, 15) is 0 Å². The highest BCUT2D eigenvalue weighted by Crippen LogP contribution is 2.19. The summed E-state index contributed by atoms with van der Waals surface area (Å²) in [6.07, 6.45) is 5.31. The number of hydrogen-bond donors (Lipinski definition) is 1. The Labute approximate surface area is 90.7 Å². The molecule has 1 nitrogen and oxygen atoms in total. The Bertz CT molecular complexity index is 122. The molecule has 0 radical (unpaired) electrons. The van der Waals surface area contributed by atoms with Crippen molar-refractivity contribution >= 4 is 0 Å². The molecule has 0 fully saturated rings. The van der Waals surface area contributed by atoms with Crippen LogP contribution in [0.5, 0.6) is 0 Å². The van der Waals surface area contributed by atoms with E-state index in [-0.39, 0.29) is 0 Å². The molecule has 0 saturated heterocycles. The smallest absolute Gasteiger partial charge is 0.00951 e. The van der Waals surface area contributed by atoms with Crippen LogP contribution in [0.25, 0.3) is 0 Å². The molecule has 0 bridgehead atoms. The Morgan fingerprint density at radius 2 is 1.71 bits per heavy atom. The molecule has 0 aliphatic heterocycles. The Kier molecular flexibility index (Phi) is 8.26. The second-order valence-electron chi connectivity index (χ2n) is 4.68. The van der Waals surface area contributed by atoms with E-state index in [1.165, 1.54) is 25.7 Å². The van der Waals surface area contributed by atoms with Crippen molar-refractivity contribution in [2.75, 3.05) is 6.54 Å². The highest BCUT2D eigenvalue weighted by Gasteiger charge is 2.17. The van der Waals surface area contributed by atoms with Gasteiger partial charge in [0.1, 0.15) is 0 Å². The number of rotatable bonds is 8. The van der Waals surface area contributed by atoms with Gasteiger partial charge in [0, 0.05) is 6.04 Å². The third-order valence-electron chi connectivity index (χ3n) is 3.25. The summed E-state index contributed by atoms with van der Waals surface area (Å²) in [5.41, 5.74) is 0. The van der Waals surface area contributed by atoms with Gasteiger partial charge in [-0.2, -0.15) is 0 Å². The van der Waals surface area contributed by atoms with Crippen molar-refractivity contribution < 1.29 is 0 Å². The molecule has 0 spiro atoms. The van der Waals surface area contributed by atoms with Crippen molar-refractivity contribution in [3.05, 3.63) is 0 Å². The lowest BCUT2D eigenvalue weighted by Crippen LogP contribution is -2.36. The molecule has 0 aromatic rings. The molecule has 3 unspecified atom stereocenters. The lowest BCUT2D eigenvalue weighted by Gasteiger charge is -2.27. The Hall–Kier alpha value is -0.0400. The first-order valence-electron chi connectivity index (χ1n) is 6.38. The van der Waals surface area contributed by atoms with E-state index < -0.39 is 0 Å². The molecule has 0 rings (SSSR count). The molecule has 0 aliphatic carbocycles. The van der Waals surface area contributed by atoms with Crippen LogP contribution >= 0.6 is 0 Å². The summed E-state index contributed by atoms with van der Waals surface area (Å²) >= 11 is 0. The normalized spacial score (nSPS) is 17.8. The van der Waals surface area contributed by atoms with Crippen LogP contribution < -0.4 is 5.32 Å². The largest absolute Gasteiger partial charge is 0.314 e. The Morgan fingerprint density at radius 3 is 2.14 bits per heavy atom. The van der Waals surface area contributed by atoms with Gasteiger partial charge in [-0.15, -0.1) is 0 Å². The summed E-state index contributed by atoms with van der Waals surface area (Å²) in [6.45, 7) is 12.6. The lowest BCUT2D eigenvalue weighted by atomic mass is 9.88. The molecule has 3 atom stereocenters. The molecule has 0 amide bonds. The minimum Gasteiger partial charge on any atom is -0.314 e. The first-order valence-corrected chi connectivity index (χ1v) is 6.38. The van der Waals surface area contributed by atoms with E-state index in [1.807, 2.05) is 0 Å². The SMILES string of the molecule is CCCC(C)C(CC(C)CC)NCC. The fourth-order valence-corrected chi connectivity index (χ4v) is 2.04. The van der Waals surface area contributed by atoms with Gasteiger partial charge in [0.2, 0.25) is 0 Å². The van der Waals surface area contributed by atoms with Crippen LogP contribution in [0, 0.1) is 11.8 Å². The number of hydrogen-bond acceptors (Lipinski definition) is 1. The summed E-state index contributed by atoms with van der Waals surface area (Å²) < 4.78 is 0. The maximum Gasteiger partial charge on any atom is 0.00951 e. The fourth-order valence-electron chi connectivity index (χ4n) is 2.04. The molecule has 0 aliphatic rings. The van der Waals surface area contributed by atoms with Gasteiger partial charge in [-0.05, 0) is 31.2 Å². The van der Waals surface area contributed by atoms with Crippen molar-refractivity contribution in [3.63, 3.8) is 0 Å². The zero-order chi connectivity index (χ0) is 11.0. The van der Waals surface area contributed by atoms with E-state index >= 15 is 0 Å². The van der Waals surface area contributed by atoms with E-state index in [4.69, 9.17) is 0 Å². The van der Waals surface area contributed by atoms with Gasteiger partial charge in [-0.1, -0.05) is 47.5 Å². The average molecular weight is 199 g/mol. The minimum absolute atomic E-state index is 0.731. The van der Waals surface area contributed by atoms with Crippen LogP contribution in [0.4, 0.5) is 0 Å². The van der Waals surface area contributed by atoms with E-state index in [1.54, 1.807) is 0 Å². The van der Waals surface area contributed by atoms with Crippen molar-refractivity contribution in [2.24, 2.45) is 11.8 Å². The van der Waals surface area contributed by atoms with Gasteiger partial charge in [-0.3, -0.25) is 0 Å². The predicted octanol–water partition coefficient (Wildman–Crippen LogP) is 3.84. The van der Waals surface area contributed by atoms with Crippen LogP contribution in [0.15, 0.2) is 0 Å². The van der Waals surface area contributed by atoms with Crippen molar-refractivity contribution in [1.82, 2.24) is 5.32 Å². The minimum atomic E-state index is 0.731. The predicted molar refractivity (Wildman–Crippen MR) is 65.6 cm³/mol. The van der Waals surface area contributed by atoms with Crippen molar-refractivity contribution in [1.29, 1.82) is 0 Å². The second-order valence-corrected chi connectivity index (χ2v) is 4.68. The Morgan fingerprint density at radius 1 is 1.07 bits per heavy atom.